The topological polar surface area (TPSA) is 41.1 Å². The molecule has 1 aromatic carbocycles. The molecule has 5 heteroatoms. The zero-order valence-electron chi connectivity index (χ0n) is 14.1. The molecule has 1 aliphatic rings. The van der Waals surface area contributed by atoms with E-state index in [1.807, 2.05) is 0 Å². The fraction of sp³-hybridized carbons (Fsp3) is 0.611. The van der Waals surface area contributed by atoms with E-state index < -0.39 is 5.82 Å². The summed E-state index contributed by atoms with van der Waals surface area (Å²) < 4.78 is 13.3. The highest BCUT2D eigenvalue weighted by atomic mass is 35.5. The molecular formula is C18H26ClFN2O. The van der Waals surface area contributed by atoms with Crippen molar-refractivity contribution in [2.24, 2.45) is 5.41 Å². The summed E-state index contributed by atoms with van der Waals surface area (Å²) in [7, 11) is 0. The lowest BCUT2D eigenvalue weighted by Crippen LogP contribution is -2.52. The average molecular weight is 341 g/mol. The molecule has 1 aliphatic carbocycles. The van der Waals surface area contributed by atoms with Gasteiger partial charge in [-0.05, 0) is 55.8 Å². The van der Waals surface area contributed by atoms with Crippen molar-refractivity contribution in [1.82, 2.24) is 10.6 Å². The summed E-state index contributed by atoms with van der Waals surface area (Å²) in [6, 6.07) is 4.52. The Morgan fingerprint density at radius 1 is 1.26 bits per heavy atom. The fourth-order valence-corrected chi connectivity index (χ4v) is 3.00. The fourth-order valence-electron chi connectivity index (χ4n) is 2.78. The minimum Gasteiger partial charge on any atom is -0.349 e. The maximum Gasteiger partial charge on any atom is 0.251 e. The molecule has 128 valence electrons. The molecule has 1 amide bonds. The third-order valence-electron chi connectivity index (χ3n) is 4.13. The van der Waals surface area contributed by atoms with Gasteiger partial charge in [-0.25, -0.2) is 4.39 Å². The van der Waals surface area contributed by atoms with Crippen LogP contribution in [0.25, 0.3) is 0 Å². The summed E-state index contributed by atoms with van der Waals surface area (Å²) >= 11 is 5.77. The molecule has 0 bridgehead atoms. The third kappa shape index (κ3) is 6.11. The van der Waals surface area contributed by atoms with Crippen molar-refractivity contribution in [3.63, 3.8) is 0 Å². The van der Waals surface area contributed by atoms with Crippen molar-refractivity contribution < 1.29 is 9.18 Å². The van der Waals surface area contributed by atoms with E-state index in [2.05, 4.69) is 31.4 Å². The Labute approximate surface area is 143 Å². The minimum absolute atomic E-state index is 0.157. The summed E-state index contributed by atoms with van der Waals surface area (Å²) in [5.41, 5.74) is 0.654. The molecule has 1 saturated carbocycles. The largest absolute Gasteiger partial charge is 0.349 e. The molecule has 0 aliphatic heterocycles. The smallest absolute Gasteiger partial charge is 0.251 e. The van der Waals surface area contributed by atoms with E-state index in [0.717, 1.165) is 19.4 Å². The molecule has 0 spiro atoms. The highest BCUT2D eigenvalue weighted by molar-refractivity contribution is 6.31. The lowest BCUT2D eigenvalue weighted by Gasteiger charge is -2.36. The van der Waals surface area contributed by atoms with Crippen molar-refractivity contribution in [2.45, 2.75) is 58.5 Å². The second-order valence-electron chi connectivity index (χ2n) is 7.62. The van der Waals surface area contributed by atoms with Crippen molar-refractivity contribution >= 4 is 17.5 Å². The molecule has 1 fully saturated rings. The van der Waals surface area contributed by atoms with E-state index in [4.69, 9.17) is 11.6 Å². The average Bonchev–Trinajstić information content (AvgIpc) is 2.37. The highest BCUT2D eigenvalue weighted by Gasteiger charge is 2.30. The predicted molar refractivity (Wildman–Crippen MR) is 92.4 cm³/mol. The van der Waals surface area contributed by atoms with Crippen LogP contribution in [0, 0.1) is 11.2 Å². The molecular weight excluding hydrogens is 315 g/mol. The number of rotatable bonds is 6. The molecule has 0 aromatic heterocycles. The van der Waals surface area contributed by atoms with Crippen LogP contribution in [0.2, 0.25) is 5.02 Å². The summed E-state index contributed by atoms with van der Waals surface area (Å²) in [6.07, 6.45) is 4.21. The maximum atomic E-state index is 13.3. The SMILES string of the molecule is CC(C)(C)CCCN[C@H]1C[C@H](NC(=O)c2cc(F)cc(Cl)c2)C1. The first-order chi connectivity index (χ1) is 10.7. The molecule has 0 radical (unpaired) electrons. The van der Waals surface area contributed by atoms with Gasteiger partial charge in [0, 0.05) is 22.7 Å². The Balaban J connectivity index is 1.66. The van der Waals surface area contributed by atoms with Crippen LogP contribution in [-0.2, 0) is 0 Å². The van der Waals surface area contributed by atoms with Crippen molar-refractivity contribution in [3.8, 4) is 0 Å². The van der Waals surface area contributed by atoms with Gasteiger partial charge in [-0.15, -0.1) is 0 Å². The van der Waals surface area contributed by atoms with Gasteiger partial charge in [0.25, 0.3) is 5.91 Å². The zero-order valence-corrected chi connectivity index (χ0v) is 14.8. The van der Waals surface area contributed by atoms with Crippen LogP contribution < -0.4 is 10.6 Å². The monoisotopic (exact) mass is 340 g/mol. The van der Waals surface area contributed by atoms with E-state index in [9.17, 15) is 9.18 Å². The molecule has 2 rings (SSSR count). The maximum absolute atomic E-state index is 13.3. The van der Waals surface area contributed by atoms with Gasteiger partial charge in [-0.3, -0.25) is 4.79 Å². The van der Waals surface area contributed by atoms with Crippen LogP contribution in [0.5, 0.6) is 0 Å². The van der Waals surface area contributed by atoms with Crippen LogP contribution in [0.4, 0.5) is 4.39 Å². The minimum atomic E-state index is -0.491. The van der Waals surface area contributed by atoms with E-state index in [0.29, 0.717) is 11.5 Å². The molecule has 0 atom stereocenters. The Morgan fingerprint density at radius 2 is 1.96 bits per heavy atom. The van der Waals surface area contributed by atoms with Crippen LogP contribution in [0.15, 0.2) is 18.2 Å². The number of hydrogen-bond donors (Lipinski definition) is 2. The molecule has 23 heavy (non-hydrogen) atoms. The van der Waals surface area contributed by atoms with Crippen LogP contribution in [-0.4, -0.2) is 24.5 Å². The molecule has 0 unspecified atom stereocenters. The molecule has 1 aromatic rings. The van der Waals surface area contributed by atoms with Gasteiger partial charge in [0.05, 0.1) is 0 Å². The molecule has 3 nitrogen and oxygen atoms in total. The Hall–Kier alpha value is -1.13. The second-order valence-corrected chi connectivity index (χ2v) is 8.05. The summed E-state index contributed by atoms with van der Waals surface area (Å²) in [5.74, 6) is -0.753. The van der Waals surface area contributed by atoms with Gasteiger partial charge in [-0.2, -0.15) is 0 Å². The van der Waals surface area contributed by atoms with Crippen molar-refractivity contribution in [2.75, 3.05) is 6.54 Å². The summed E-state index contributed by atoms with van der Waals surface area (Å²) in [5, 5.41) is 6.69. The number of carbonyl (C=O) groups is 1. The van der Waals surface area contributed by atoms with Gasteiger partial charge >= 0.3 is 0 Å². The van der Waals surface area contributed by atoms with Gasteiger partial charge in [0.1, 0.15) is 5.82 Å². The Kier molecular flexibility index (Phi) is 6.04. The number of amides is 1. The molecule has 0 heterocycles. The Morgan fingerprint density at radius 3 is 2.57 bits per heavy atom. The van der Waals surface area contributed by atoms with Gasteiger partial charge < -0.3 is 10.6 Å². The van der Waals surface area contributed by atoms with Crippen LogP contribution >= 0.6 is 11.6 Å². The number of hydrogen-bond acceptors (Lipinski definition) is 2. The van der Waals surface area contributed by atoms with Gasteiger partial charge in [0.15, 0.2) is 0 Å². The van der Waals surface area contributed by atoms with Crippen molar-refractivity contribution in [3.05, 3.63) is 34.6 Å². The lowest BCUT2D eigenvalue weighted by atomic mass is 9.86. The van der Waals surface area contributed by atoms with Crippen LogP contribution in [0.1, 0.15) is 56.8 Å². The molecule has 2 N–H and O–H groups in total. The number of halogens is 2. The number of benzene rings is 1. The standard InChI is InChI=1S/C18H26ClFN2O/c1-18(2,3)5-4-6-21-15-10-16(11-15)22-17(23)12-7-13(19)9-14(20)8-12/h7-9,15-16,21H,4-6,10-11H2,1-3H3,(H,22,23)/t15-,16-. The van der Waals surface area contributed by atoms with Gasteiger partial charge in [-0.1, -0.05) is 32.4 Å². The summed E-state index contributed by atoms with van der Waals surface area (Å²) in [6.45, 7) is 7.77. The first-order valence-corrected chi connectivity index (χ1v) is 8.61. The normalized spacial score (nSPS) is 20.9. The number of carbonyl (C=O) groups excluding carboxylic acids is 1. The van der Waals surface area contributed by atoms with Crippen molar-refractivity contribution in [1.29, 1.82) is 0 Å². The number of nitrogens with one attached hydrogen (secondary N) is 2. The van der Waals surface area contributed by atoms with E-state index >= 15 is 0 Å². The zero-order chi connectivity index (χ0) is 17.0. The molecule has 0 saturated heterocycles. The lowest BCUT2D eigenvalue weighted by molar-refractivity contribution is 0.0901. The first-order valence-electron chi connectivity index (χ1n) is 8.23. The second kappa shape index (κ2) is 7.63. The Bertz CT molecular complexity index is 530. The van der Waals surface area contributed by atoms with E-state index in [-0.39, 0.29) is 22.5 Å². The summed E-state index contributed by atoms with van der Waals surface area (Å²) in [4.78, 5) is 12.1. The predicted octanol–water partition coefficient (Wildman–Crippen LogP) is 4.16. The first kappa shape index (κ1) is 18.2. The van der Waals surface area contributed by atoms with Crippen LogP contribution in [0.3, 0.4) is 0 Å². The highest BCUT2D eigenvalue weighted by Crippen LogP contribution is 2.23. The quantitative estimate of drug-likeness (QED) is 0.763. The third-order valence-corrected chi connectivity index (χ3v) is 4.35. The van der Waals surface area contributed by atoms with E-state index in [1.54, 1.807) is 0 Å². The van der Waals surface area contributed by atoms with Gasteiger partial charge in [0.2, 0.25) is 0 Å². The van der Waals surface area contributed by atoms with E-state index in [1.165, 1.54) is 31.0 Å².